The Morgan fingerprint density at radius 2 is 1.93 bits per heavy atom. The van der Waals surface area contributed by atoms with Crippen molar-refractivity contribution < 1.29 is 28.0 Å². The lowest BCUT2D eigenvalue weighted by molar-refractivity contribution is -0.384. The Morgan fingerprint density at radius 3 is 2.44 bits per heavy atom. The van der Waals surface area contributed by atoms with Crippen LogP contribution in [0.4, 0.5) is 18.9 Å². The Bertz CT molecular complexity index is 916. The average Bonchev–Trinajstić information content (AvgIpc) is 3.01. The van der Waals surface area contributed by atoms with E-state index < -0.39 is 34.9 Å². The van der Waals surface area contributed by atoms with E-state index in [1.165, 1.54) is 18.3 Å². The number of nitro benzene ring substituents is 1. The van der Waals surface area contributed by atoms with Gasteiger partial charge in [-0.15, -0.1) is 0 Å². The van der Waals surface area contributed by atoms with Crippen LogP contribution < -0.4 is 0 Å². The number of pyridine rings is 1. The molecule has 0 saturated heterocycles. The molecule has 0 fully saturated rings. The molecular weight excluding hydrogens is 369 g/mol. The molecule has 2 aromatic rings. The summed E-state index contributed by atoms with van der Waals surface area (Å²) in [6, 6.07) is 6.92. The SMILES string of the molecule is O=C(c1cccnc1)N1N=C(C(F)(F)F)C[C@@]1(O)c1ccc([N+](=O)[O-])cc1. The van der Waals surface area contributed by atoms with Gasteiger partial charge in [-0.2, -0.15) is 23.3 Å². The molecule has 1 aromatic carbocycles. The van der Waals surface area contributed by atoms with Crippen LogP contribution in [-0.4, -0.2) is 37.8 Å². The molecule has 1 aromatic heterocycles. The highest BCUT2D eigenvalue weighted by Crippen LogP contribution is 2.40. The molecule has 0 radical (unpaired) electrons. The number of nitro groups is 1. The van der Waals surface area contributed by atoms with Crippen molar-refractivity contribution in [3.63, 3.8) is 0 Å². The molecule has 1 aliphatic heterocycles. The monoisotopic (exact) mass is 380 g/mol. The van der Waals surface area contributed by atoms with Gasteiger partial charge in [-0.1, -0.05) is 0 Å². The number of hydrogen-bond acceptors (Lipinski definition) is 6. The Kier molecular flexibility index (Phi) is 4.39. The predicted octanol–water partition coefficient (Wildman–Crippen LogP) is 2.60. The highest BCUT2D eigenvalue weighted by molar-refractivity contribution is 5.99. The molecule has 1 amide bonds. The van der Waals surface area contributed by atoms with Gasteiger partial charge in [-0.25, -0.2) is 0 Å². The summed E-state index contributed by atoms with van der Waals surface area (Å²) >= 11 is 0. The highest BCUT2D eigenvalue weighted by Gasteiger charge is 2.53. The molecule has 27 heavy (non-hydrogen) atoms. The topological polar surface area (TPSA) is 109 Å². The second-order valence-corrected chi connectivity index (χ2v) is 5.70. The van der Waals surface area contributed by atoms with Gasteiger partial charge in [0.25, 0.3) is 11.6 Å². The van der Waals surface area contributed by atoms with Crippen LogP contribution in [0.2, 0.25) is 0 Å². The Labute approximate surface area is 149 Å². The molecule has 3 rings (SSSR count). The largest absolute Gasteiger partial charge is 0.431 e. The molecule has 1 N–H and O–H groups in total. The molecule has 1 atom stereocenters. The third-order valence-corrected chi connectivity index (χ3v) is 3.95. The van der Waals surface area contributed by atoms with Crippen LogP contribution in [0.1, 0.15) is 22.3 Å². The third-order valence-electron chi connectivity index (χ3n) is 3.95. The number of carbonyl (C=O) groups is 1. The lowest BCUT2D eigenvalue weighted by atomic mass is 9.96. The molecule has 0 saturated carbocycles. The standard InChI is InChI=1S/C16H11F3N4O4/c17-16(18,19)13-8-15(25,11-3-5-12(6-4-11)23(26)27)22(21-13)14(24)10-2-1-7-20-9-10/h1-7,9,25H,8H2/t15-/m1/s1. The summed E-state index contributed by atoms with van der Waals surface area (Å²) in [5.41, 5.74) is -4.34. The fraction of sp³-hybridized carbons (Fsp3) is 0.188. The number of benzene rings is 1. The van der Waals surface area contributed by atoms with E-state index >= 15 is 0 Å². The number of aliphatic hydroxyl groups is 1. The number of rotatable bonds is 3. The first-order valence-corrected chi connectivity index (χ1v) is 7.49. The lowest BCUT2D eigenvalue weighted by Crippen LogP contribution is -2.43. The van der Waals surface area contributed by atoms with Gasteiger partial charge >= 0.3 is 6.18 Å². The second kappa shape index (κ2) is 6.43. The normalized spacial score (nSPS) is 19.7. The van der Waals surface area contributed by atoms with Gasteiger partial charge in [0.2, 0.25) is 0 Å². The molecule has 11 heteroatoms. The summed E-state index contributed by atoms with van der Waals surface area (Å²) in [4.78, 5) is 26.4. The fourth-order valence-corrected chi connectivity index (χ4v) is 2.60. The van der Waals surface area contributed by atoms with E-state index in [0.29, 0.717) is 5.01 Å². The molecule has 0 spiro atoms. The second-order valence-electron chi connectivity index (χ2n) is 5.70. The summed E-state index contributed by atoms with van der Waals surface area (Å²) < 4.78 is 39.4. The van der Waals surface area contributed by atoms with Crippen molar-refractivity contribution in [3.05, 3.63) is 70.0 Å². The van der Waals surface area contributed by atoms with Crippen LogP contribution in [0.3, 0.4) is 0 Å². The number of aromatic nitrogens is 1. The van der Waals surface area contributed by atoms with E-state index in [9.17, 15) is 33.2 Å². The van der Waals surface area contributed by atoms with Gasteiger partial charge in [0, 0.05) is 30.1 Å². The van der Waals surface area contributed by atoms with Crippen LogP contribution in [-0.2, 0) is 5.72 Å². The maximum atomic E-state index is 13.1. The zero-order valence-electron chi connectivity index (χ0n) is 13.4. The summed E-state index contributed by atoms with van der Waals surface area (Å²) in [6.07, 6.45) is -3.38. The van der Waals surface area contributed by atoms with Gasteiger partial charge in [0.1, 0.15) is 5.71 Å². The van der Waals surface area contributed by atoms with Crippen LogP contribution in [0.15, 0.2) is 53.9 Å². The zero-order valence-corrected chi connectivity index (χ0v) is 13.4. The van der Waals surface area contributed by atoms with Crippen molar-refractivity contribution in [1.82, 2.24) is 9.99 Å². The Morgan fingerprint density at radius 1 is 1.26 bits per heavy atom. The molecule has 1 aliphatic rings. The quantitative estimate of drug-likeness (QED) is 0.650. The summed E-state index contributed by atoms with van der Waals surface area (Å²) in [7, 11) is 0. The molecule has 2 heterocycles. The van der Waals surface area contributed by atoms with Gasteiger partial charge in [0.15, 0.2) is 5.72 Å². The van der Waals surface area contributed by atoms with Crippen molar-refractivity contribution in [3.8, 4) is 0 Å². The number of amides is 1. The smallest absolute Gasteiger partial charge is 0.365 e. The predicted molar refractivity (Wildman–Crippen MR) is 85.5 cm³/mol. The lowest BCUT2D eigenvalue weighted by Gasteiger charge is -2.31. The first-order valence-electron chi connectivity index (χ1n) is 7.49. The van der Waals surface area contributed by atoms with Crippen molar-refractivity contribution in [2.24, 2.45) is 5.10 Å². The van der Waals surface area contributed by atoms with Crippen LogP contribution >= 0.6 is 0 Å². The van der Waals surface area contributed by atoms with Crippen molar-refractivity contribution in [1.29, 1.82) is 0 Å². The fourth-order valence-electron chi connectivity index (χ4n) is 2.60. The van der Waals surface area contributed by atoms with Gasteiger partial charge in [-0.3, -0.25) is 19.9 Å². The number of hydrogen-bond donors (Lipinski definition) is 1. The summed E-state index contributed by atoms with van der Waals surface area (Å²) in [5, 5.41) is 25.3. The van der Waals surface area contributed by atoms with Crippen LogP contribution in [0.5, 0.6) is 0 Å². The Hall–Kier alpha value is -3.34. The van der Waals surface area contributed by atoms with Crippen LogP contribution in [0.25, 0.3) is 0 Å². The first-order chi connectivity index (χ1) is 12.6. The molecule has 0 aliphatic carbocycles. The van der Waals surface area contributed by atoms with E-state index in [4.69, 9.17) is 0 Å². The van der Waals surface area contributed by atoms with Gasteiger partial charge in [0.05, 0.1) is 16.9 Å². The summed E-state index contributed by atoms with van der Waals surface area (Å²) in [5.74, 6) is -0.997. The number of hydrazone groups is 1. The van der Waals surface area contributed by atoms with Gasteiger partial charge < -0.3 is 5.11 Å². The van der Waals surface area contributed by atoms with Gasteiger partial charge in [-0.05, 0) is 24.3 Å². The molecule has 0 bridgehead atoms. The van der Waals surface area contributed by atoms with E-state index in [0.717, 1.165) is 30.5 Å². The summed E-state index contributed by atoms with van der Waals surface area (Å²) in [6.45, 7) is 0. The van der Waals surface area contributed by atoms with Crippen molar-refractivity contribution in [2.45, 2.75) is 18.3 Å². The minimum absolute atomic E-state index is 0.0787. The van der Waals surface area contributed by atoms with Crippen molar-refractivity contribution >= 4 is 17.3 Å². The van der Waals surface area contributed by atoms with E-state index in [2.05, 4.69) is 10.1 Å². The number of alkyl halides is 3. The highest BCUT2D eigenvalue weighted by atomic mass is 19.4. The number of halogens is 3. The molecule has 0 unspecified atom stereocenters. The minimum atomic E-state index is -4.86. The molecule has 140 valence electrons. The van der Waals surface area contributed by atoms with E-state index in [1.54, 1.807) is 0 Å². The molecule has 8 nitrogen and oxygen atoms in total. The zero-order chi connectivity index (χ0) is 19.8. The van der Waals surface area contributed by atoms with E-state index in [-0.39, 0.29) is 16.8 Å². The Balaban J connectivity index is 2.06. The number of nitrogens with zero attached hydrogens (tertiary/aromatic N) is 4. The minimum Gasteiger partial charge on any atom is -0.365 e. The maximum absolute atomic E-state index is 13.1. The average molecular weight is 380 g/mol. The molecular formula is C16H11F3N4O4. The number of carbonyl (C=O) groups excluding carboxylic acids is 1. The maximum Gasteiger partial charge on any atom is 0.431 e. The van der Waals surface area contributed by atoms with E-state index in [1.807, 2.05) is 0 Å². The third kappa shape index (κ3) is 3.36. The van der Waals surface area contributed by atoms with Crippen molar-refractivity contribution in [2.75, 3.05) is 0 Å². The van der Waals surface area contributed by atoms with Crippen LogP contribution in [0, 0.1) is 10.1 Å². The number of non-ortho nitro benzene ring substituents is 1. The first kappa shape index (κ1) is 18.5.